The van der Waals surface area contributed by atoms with Gasteiger partial charge in [-0.05, 0) is 44.2 Å². The molecule has 0 spiro atoms. The second kappa shape index (κ2) is 10.1. The highest BCUT2D eigenvalue weighted by molar-refractivity contribution is 7.92. The summed E-state index contributed by atoms with van der Waals surface area (Å²) in [6.07, 6.45) is 0. The quantitative estimate of drug-likeness (QED) is 0.446. The molecule has 0 atom stereocenters. The van der Waals surface area contributed by atoms with Crippen molar-refractivity contribution in [3.05, 3.63) is 70.7 Å². The summed E-state index contributed by atoms with van der Waals surface area (Å²) in [4.78, 5) is 30.1. The van der Waals surface area contributed by atoms with Gasteiger partial charge in [-0.15, -0.1) is 11.3 Å². The van der Waals surface area contributed by atoms with Crippen molar-refractivity contribution in [1.82, 2.24) is 4.98 Å². The summed E-state index contributed by atoms with van der Waals surface area (Å²) < 4.78 is 32.6. The monoisotopic (exact) mass is 487 g/mol. The largest absolute Gasteiger partial charge is 0.456 e. The SMILES string of the molecule is CCN(C(C)=O)c1nc(COC(=O)c2cccc(S(=O)(=O)N(C)c3ccc(C)cc3)c2)cs1. The van der Waals surface area contributed by atoms with Crippen molar-refractivity contribution in [3.8, 4) is 0 Å². The smallest absolute Gasteiger partial charge is 0.338 e. The lowest BCUT2D eigenvalue weighted by atomic mass is 10.2. The van der Waals surface area contributed by atoms with Crippen LogP contribution in [0.2, 0.25) is 0 Å². The molecule has 0 fully saturated rings. The van der Waals surface area contributed by atoms with E-state index in [2.05, 4.69) is 4.98 Å². The highest BCUT2D eigenvalue weighted by atomic mass is 32.2. The molecule has 0 radical (unpaired) electrons. The van der Waals surface area contributed by atoms with Crippen molar-refractivity contribution >= 4 is 44.1 Å². The number of carbonyl (C=O) groups excluding carboxylic acids is 2. The molecular weight excluding hydrogens is 462 g/mol. The Balaban J connectivity index is 1.72. The molecule has 0 N–H and O–H groups in total. The van der Waals surface area contributed by atoms with Crippen molar-refractivity contribution in [2.75, 3.05) is 22.8 Å². The maximum atomic E-state index is 13.1. The van der Waals surface area contributed by atoms with E-state index in [0.29, 0.717) is 23.1 Å². The fourth-order valence-electron chi connectivity index (χ4n) is 3.04. The van der Waals surface area contributed by atoms with Gasteiger partial charge in [-0.25, -0.2) is 18.2 Å². The van der Waals surface area contributed by atoms with Crippen molar-refractivity contribution in [1.29, 1.82) is 0 Å². The van der Waals surface area contributed by atoms with E-state index in [1.54, 1.807) is 17.5 Å². The number of nitrogens with zero attached hydrogens (tertiary/aromatic N) is 3. The molecule has 0 saturated heterocycles. The van der Waals surface area contributed by atoms with E-state index in [0.717, 1.165) is 5.56 Å². The zero-order valence-corrected chi connectivity index (χ0v) is 20.4. The van der Waals surface area contributed by atoms with Gasteiger partial charge < -0.3 is 4.74 Å². The highest BCUT2D eigenvalue weighted by Crippen LogP contribution is 2.24. The van der Waals surface area contributed by atoms with E-state index < -0.39 is 16.0 Å². The van der Waals surface area contributed by atoms with E-state index in [1.165, 1.54) is 58.8 Å². The second-order valence-corrected chi connectivity index (χ2v) is 10.1. The van der Waals surface area contributed by atoms with Crippen molar-refractivity contribution in [2.24, 2.45) is 0 Å². The van der Waals surface area contributed by atoms with Gasteiger partial charge in [-0.3, -0.25) is 14.0 Å². The Morgan fingerprint density at radius 1 is 1.12 bits per heavy atom. The van der Waals surface area contributed by atoms with Crippen LogP contribution in [0.5, 0.6) is 0 Å². The number of aryl methyl sites for hydroxylation is 1. The average Bonchev–Trinajstić information content (AvgIpc) is 3.26. The van der Waals surface area contributed by atoms with E-state index in [1.807, 2.05) is 26.0 Å². The van der Waals surface area contributed by atoms with Crippen LogP contribution in [0.4, 0.5) is 10.8 Å². The Bertz CT molecular complexity index is 1250. The Kier molecular flexibility index (Phi) is 7.50. The molecule has 0 aliphatic rings. The molecule has 10 heteroatoms. The number of aromatic nitrogens is 1. The van der Waals surface area contributed by atoms with Gasteiger partial charge in [0.2, 0.25) is 5.91 Å². The van der Waals surface area contributed by atoms with Gasteiger partial charge >= 0.3 is 5.97 Å². The maximum absolute atomic E-state index is 13.1. The number of thiazole rings is 1. The molecule has 0 unspecified atom stereocenters. The standard InChI is InChI=1S/C23H25N3O5S2/c1-5-26(17(3)27)23-24-19(15-32-23)14-31-22(28)18-7-6-8-21(13-18)33(29,30)25(4)20-11-9-16(2)10-12-20/h6-13,15H,5,14H2,1-4H3. The molecular formula is C23H25N3O5S2. The molecule has 0 aliphatic heterocycles. The number of hydrogen-bond acceptors (Lipinski definition) is 7. The number of sulfonamides is 1. The molecule has 0 bridgehead atoms. The van der Waals surface area contributed by atoms with Crippen molar-refractivity contribution < 1.29 is 22.7 Å². The van der Waals surface area contributed by atoms with Gasteiger partial charge in [0.15, 0.2) is 5.13 Å². The molecule has 33 heavy (non-hydrogen) atoms. The molecule has 8 nitrogen and oxygen atoms in total. The zero-order valence-electron chi connectivity index (χ0n) is 18.8. The lowest BCUT2D eigenvalue weighted by molar-refractivity contribution is -0.116. The predicted octanol–water partition coefficient (Wildman–Crippen LogP) is 4.01. The summed E-state index contributed by atoms with van der Waals surface area (Å²) in [5.74, 6) is -0.789. The number of esters is 1. The van der Waals surface area contributed by atoms with Crippen LogP contribution < -0.4 is 9.21 Å². The molecule has 174 valence electrons. The summed E-state index contributed by atoms with van der Waals surface area (Å²) in [7, 11) is -2.40. The first-order chi connectivity index (χ1) is 15.6. The Morgan fingerprint density at radius 3 is 2.45 bits per heavy atom. The third kappa shape index (κ3) is 5.58. The molecule has 0 saturated carbocycles. The summed E-state index contributed by atoms with van der Waals surface area (Å²) >= 11 is 1.28. The molecule has 1 heterocycles. The van der Waals surface area contributed by atoms with Crippen LogP contribution in [0, 0.1) is 6.92 Å². The third-order valence-corrected chi connectivity index (χ3v) is 7.64. The minimum Gasteiger partial charge on any atom is -0.456 e. The van der Waals surface area contributed by atoms with E-state index in [-0.39, 0.29) is 23.0 Å². The molecule has 3 aromatic rings. The first-order valence-corrected chi connectivity index (χ1v) is 12.5. The van der Waals surface area contributed by atoms with Crippen LogP contribution in [0.3, 0.4) is 0 Å². The van der Waals surface area contributed by atoms with Crippen LogP contribution >= 0.6 is 11.3 Å². The fourth-order valence-corrected chi connectivity index (χ4v) is 5.20. The lowest BCUT2D eigenvalue weighted by Gasteiger charge is -2.20. The van der Waals surface area contributed by atoms with Crippen molar-refractivity contribution in [3.63, 3.8) is 0 Å². The Hall–Kier alpha value is -3.24. The van der Waals surface area contributed by atoms with Gasteiger partial charge in [0, 0.05) is 25.9 Å². The fraction of sp³-hybridized carbons (Fsp3) is 0.261. The number of hydrogen-bond donors (Lipinski definition) is 0. The van der Waals surface area contributed by atoms with Gasteiger partial charge in [-0.2, -0.15) is 0 Å². The van der Waals surface area contributed by atoms with Crippen molar-refractivity contribution in [2.45, 2.75) is 32.3 Å². The van der Waals surface area contributed by atoms with E-state index in [4.69, 9.17) is 4.74 Å². The van der Waals surface area contributed by atoms with Crippen LogP contribution in [0.1, 0.15) is 35.5 Å². The maximum Gasteiger partial charge on any atom is 0.338 e. The summed E-state index contributed by atoms with van der Waals surface area (Å²) in [6, 6.07) is 12.8. The number of amides is 1. The summed E-state index contributed by atoms with van der Waals surface area (Å²) in [5.41, 5.74) is 2.15. The molecule has 1 amide bonds. The second-order valence-electron chi connectivity index (χ2n) is 7.30. The number of benzene rings is 2. The highest BCUT2D eigenvalue weighted by Gasteiger charge is 2.23. The number of carbonyl (C=O) groups is 2. The minimum atomic E-state index is -3.87. The first-order valence-electron chi connectivity index (χ1n) is 10.2. The normalized spacial score (nSPS) is 11.2. The summed E-state index contributed by atoms with van der Waals surface area (Å²) in [6.45, 7) is 5.62. The Labute approximate surface area is 197 Å². The van der Waals surface area contributed by atoms with Gasteiger partial charge in [-0.1, -0.05) is 23.8 Å². The molecule has 0 aliphatic carbocycles. The van der Waals surface area contributed by atoms with Gasteiger partial charge in [0.25, 0.3) is 10.0 Å². The van der Waals surface area contributed by atoms with E-state index >= 15 is 0 Å². The average molecular weight is 488 g/mol. The summed E-state index contributed by atoms with van der Waals surface area (Å²) in [5, 5.41) is 2.24. The number of ether oxygens (including phenoxy) is 1. The van der Waals surface area contributed by atoms with Crippen LogP contribution in [0.15, 0.2) is 58.8 Å². The van der Waals surface area contributed by atoms with Gasteiger partial charge in [0.1, 0.15) is 6.61 Å². The number of rotatable bonds is 8. The molecule has 1 aromatic heterocycles. The molecule has 2 aromatic carbocycles. The third-order valence-electron chi connectivity index (χ3n) is 4.94. The minimum absolute atomic E-state index is 0.0176. The predicted molar refractivity (Wildman–Crippen MR) is 128 cm³/mol. The van der Waals surface area contributed by atoms with Gasteiger partial charge in [0.05, 0.1) is 21.8 Å². The molecule has 3 rings (SSSR count). The first kappa shape index (κ1) is 24.4. The number of anilines is 2. The zero-order chi connectivity index (χ0) is 24.2. The van der Waals surface area contributed by atoms with E-state index in [9.17, 15) is 18.0 Å². The van der Waals surface area contributed by atoms with Crippen LogP contribution in [-0.4, -0.2) is 38.9 Å². The lowest BCUT2D eigenvalue weighted by Crippen LogP contribution is -2.27. The van der Waals surface area contributed by atoms with Crippen LogP contribution in [0.25, 0.3) is 0 Å². The van der Waals surface area contributed by atoms with Crippen LogP contribution in [-0.2, 0) is 26.2 Å². The topological polar surface area (TPSA) is 96.9 Å². The Morgan fingerprint density at radius 2 is 1.82 bits per heavy atom.